The Morgan fingerprint density at radius 1 is 0.964 bits per heavy atom. The molecule has 0 saturated carbocycles. The molecule has 286 valence electrons. The van der Waals surface area contributed by atoms with Gasteiger partial charge in [-0.2, -0.15) is 23.4 Å². The zero-order valence-electron chi connectivity index (χ0n) is 29.8. The molecule has 55 heavy (non-hydrogen) atoms. The number of rotatable bonds is 10. The standard InChI is InChI=1S/C36H36F4N12O3/c1-35(2,36(38,39)40)33-46-28(48-49-33)18-42-31(54)25-17-45-52(20-25)34-43-15-24(16-44-34)22-5-3-21(4-6-22)19-50-9-11-51(12-10-50)30-27(37)13-23(14-41-30)26-7-8-29(53)47-32(26)55/h3-6,13-17,20,26H,7-12,18-19H2,1-2H3,(H,42,54)(H,46,48,49)(H,47,53,55). The molecule has 0 spiro atoms. The molecule has 19 heteroatoms. The third-order valence-electron chi connectivity index (χ3n) is 9.75. The smallest absolute Gasteiger partial charge is 0.352 e. The van der Waals surface area contributed by atoms with Gasteiger partial charge in [0.1, 0.15) is 11.2 Å². The fourth-order valence-corrected chi connectivity index (χ4v) is 6.24. The number of carbonyl (C=O) groups excluding carboxylic acids is 3. The monoisotopic (exact) mass is 760 g/mol. The van der Waals surface area contributed by atoms with Crippen LogP contribution >= 0.6 is 0 Å². The summed E-state index contributed by atoms with van der Waals surface area (Å²) in [6.07, 6.45) is 3.58. The van der Waals surface area contributed by atoms with Crippen LogP contribution in [-0.2, 0) is 28.1 Å². The first-order chi connectivity index (χ1) is 26.2. The summed E-state index contributed by atoms with van der Waals surface area (Å²) in [7, 11) is 0. The molecule has 2 saturated heterocycles. The number of aromatic amines is 1. The van der Waals surface area contributed by atoms with Crippen molar-refractivity contribution in [2.75, 3.05) is 31.1 Å². The number of H-pyrrole nitrogens is 1. The molecular weight excluding hydrogens is 724 g/mol. The van der Waals surface area contributed by atoms with Crippen LogP contribution in [0.2, 0.25) is 0 Å². The lowest BCUT2D eigenvalue weighted by Gasteiger charge is -2.35. The van der Waals surface area contributed by atoms with Crippen LogP contribution in [-0.4, -0.2) is 94.9 Å². The van der Waals surface area contributed by atoms with Crippen molar-refractivity contribution in [3.63, 3.8) is 0 Å². The summed E-state index contributed by atoms with van der Waals surface area (Å²) >= 11 is 0. The SMILES string of the molecule is CC(C)(c1n[nH]c(CNC(=O)c2cnn(-c3ncc(-c4ccc(CN5CCN(c6ncc(C7CCC(=O)NC7=O)cc6F)CC5)cc4)cn3)c2)n1)C(F)(F)F. The topological polar surface area (TPSA) is 180 Å². The number of pyridine rings is 1. The predicted octanol–water partition coefficient (Wildman–Crippen LogP) is 3.59. The Hall–Kier alpha value is -6.11. The molecule has 1 unspecified atom stereocenters. The molecule has 5 aromatic rings. The highest BCUT2D eigenvalue weighted by Gasteiger charge is 2.51. The average molecular weight is 761 g/mol. The number of hydrogen-bond acceptors (Lipinski definition) is 11. The van der Waals surface area contributed by atoms with Gasteiger partial charge in [-0.05, 0) is 43.0 Å². The Labute approximate surface area is 311 Å². The normalized spacial score (nSPS) is 17.0. The number of amides is 3. The van der Waals surface area contributed by atoms with Crippen LogP contribution in [0.15, 0.2) is 61.3 Å². The number of aromatic nitrogens is 8. The molecule has 0 bridgehead atoms. The maximum atomic E-state index is 15.1. The Balaban J connectivity index is 0.889. The maximum absolute atomic E-state index is 15.1. The van der Waals surface area contributed by atoms with Crippen LogP contribution in [0.4, 0.5) is 23.4 Å². The van der Waals surface area contributed by atoms with Crippen LogP contribution in [0.5, 0.6) is 0 Å². The van der Waals surface area contributed by atoms with Crippen molar-refractivity contribution in [1.82, 2.24) is 55.4 Å². The summed E-state index contributed by atoms with van der Waals surface area (Å²) in [6, 6.07) is 9.36. The van der Waals surface area contributed by atoms with E-state index in [9.17, 15) is 27.6 Å². The summed E-state index contributed by atoms with van der Waals surface area (Å²) in [6.45, 7) is 5.07. The van der Waals surface area contributed by atoms with Crippen LogP contribution in [0.25, 0.3) is 17.1 Å². The van der Waals surface area contributed by atoms with E-state index in [-0.39, 0.29) is 42.0 Å². The molecule has 7 rings (SSSR count). The molecule has 1 aromatic carbocycles. The van der Waals surface area contributed by atoms with E-state index in [0.717, 1.165) is 30.5 Å². The van der Waals surface area contributed by atoms with Gasteiger partial charge in [0.05, 0.1) is 24.2 Å². The van der Waals surface area contributed by atoms with Gasteiger partial charge in [0.2, 0.25) is 17.8 Å². The molecular formula is C36H36F4N12O3. The second-order valence-corrected chi connectivity index (χ2v) is 13.9. The first-order valence-corrected chi connectivity index (χ1v) is 17.4. The number of nitrogens with zero attached hydrogens (tertiary/aromatic N) is 9. The number of benzene rings is 1. The van der Waals surface area contributed by atoms with E-state index in [1.54, 1.807) is 12.4 Å². The number of carbonyl (C=O) groups is 3. The number of piperidine rings is 1. The van der Waals surface area contributed by atoms with Crippen molar-refractivity contribution in [3.05, 3.63) is 95.5 Å². The van der Waals surface area contributed by atoms with Gasteiger partial charge < -0.3 is 10.2 Å². The van der Waals surface area contributed by atoms with Gasteiger partial charge in [-0.25, -0.2) is 29.0 Å². The first-order valence-electron chi connectivity index (χ1n) is 17.4. The summed E-state index contributed by atoms with van der Waals surface area (Å²) < 4.78 is 56.4. The molecule has 3 amide bonds. The number of piperazine rings is 1. The van der Waals surface area contributed by atoms with Gasteiger partial charge in [-0.3, -0.25) is 29.7 Å². The zero-order chi connectivity index (χ0) is 38.9. The molecule has 2 aliphatic rings. The van der Waals surface area contributed by atoms with E-state index in [1.807, 2.05) is 29.2 Å². The molecule has 6 heterocycles. The third-order valence-corrected chi connectivity index (χ3v) is 9.75. The minimum atomic E-state index is -4.54. The van der Waals surface area contributed by atoms with E-state index < -0.39 is 41.0 Å². The summed E-state index contributed by atoms with van der Waals surface area (Å²) in [5.41, 5.74) is 1.16. The quantitative estimate of drug-likeness (QED) is 0.140. The Kier molecular flexibility index (Phi) is 10.1. The average Bonchev–Trinajstić information content (AvgIpc) is 3.86. The molecule has 2 fully saturated rings. The third kappa shape index (κ3) is 8.06. The minimum absolute atomic E-state index is 0.0722. The molecule has 4 aromatic heterocycles. The van der Waals surface area contributed by atoms with Crippen molar-refractivity contribution >= 4 is 23.5 Å². The number of halogens is 4. The zero-order valence-corrected chi connectivity index (χ0v) is 29.8. The van der Waals surface area contributed by atoms with Crippen molar-refractivity contribution in [2.24, 2.45) is 0 Å². The number of hydrogen-bond donors (Lipinski definition) is 3. The van der Waals surface area contributed by atoms with Crippen molar-refractivity contribution < 1.29 is 31.9 Å². The first kappa shape index (κ1) is 37.2. The lowest BCUT2D eigenvalue weighted by atomic mass is 9.91. The summed E-state index contributed by atoms with van der Waals surface area (Å²) in [5.74, 6) is -2.22. The van der Waals surface area contributed by atoms with Crippen LogP contribution in [0, 0.1) is 5.82 Å². The molecule has 1 atom stereocenters. The van der Waals surface area contributed by atoms with Gasteiger partial charge in [0.25, 0.3) is 5.91 Å². The molecule has 0 radical (unpaired) electrons. The Morgan fingerprint density at radius 2 is 1.69 bits per heavy atom. The highest BCUT2D eigenvalue weighted by molar-refractivity contribution is 6.00. The number of anilines is 1. The van der Waals surface area contributed by atoms with Crippen molar-refractivity contribution in [1.29, 1.82) is 0 Å². The predicted molar refractivity (Wildman–Crippen MR) is 188 cm³/mol. The fourth-order valence-electron chi connectivity index (χ4n) is 6.24. The summed E-state index contributed by atoms with van der Waals surface area (Å²) in [5, 5.41) is 15.1. The van der Waals surface area contributed by atoms with Crippen molar-refractivity contribution in [2.45, 2.75) is 57.3 Å². The second kappa shape index (κ2) is 15.0. The van der Waals surface area contributed by atoms with E-state index in [0.29, 0.717) is 44.7 Å². The molecule has 2 aliphatic heterocycles. The Morgan fingerprint density at radius 3 is 2.36 bits per heavy atom. The van der Waals surface area contributed by atoms with Gasteiger partial charge >= 0.3 is 6.18 Å². The minimum Gasteiger partial charge on any atom is -0.352 e. The number of nitrogens with one attached hydrogen (secondary N) is 3. The van der Waals surface area contributed by atoms with Crippen LogP contribution in [0.1, 0.15) is 65.7 Å². The largest absolute Gasteiger partial charge is 0.401 e. The second-order valence-electron chi connectivity index (χ2n) is 13.9. The number of alkyl halides is 3. The van der Waals surface area contributed by atoms with E-state index in [4.69, 9.17) is 0 Å². The summed E-state index contributed by atoms with van der Waals surface area (Å²) in [4.78, 5) is 57.5. The Bertz CT molecular complexity index is 2190. The number of imide groups is 1. The van der Waals surface area contributed by atoms with Crippen LogP contribution < -0.4 is 15.5 Å². The van der Waals surface area contributed by atoms with E-state index in [2.05, 4.69) is 50.8 Å². The van der Waals surface area contributed by atoms with Gasteiger partial charge in [-0.1, -0.05) is 24.3 Å². The van der Waals surface area contributed by atoms with E-state index >= 15 is 4.39 Å². The lowest BCUT2D eigenvalue weighted by Crippen LogP contribution is -2.46. The van der Waals surface area contributed by atoms with Crippen molar-refractivity contribution in [3.8, 4) is 17.1 Å². The molecule has 15 nitrogen and oxygen atoms in total. The highest BCUT2D eigenvalue weighted by Crippen LogP contribution is 2.38. The fraction of sp³-hybridized carbons (Fsp3) is 0.361. The molecule has 3 N–H and O–H groups in total. The van der Waals surface area contributed by atoms with Crippen LogP contribution in [0.3, 0.4) is 0 Å². The molecule has 0 aliphatic carbocycles. The van der Waals surface area contributed by atoms with E-state index in [1.165, 1.54) is 29.3 Å². The van der Waals surface area contributed by atoms with Gasteiger partial charge in [0.15, 0.2) is 17.5 Å². The van der Waals surface area contributed by atoms with Gasteiger partial charge in [-0.15, -0.1) is 0 Å². The lowest BCUT2D eigenvalue weighted by molar-refractivity contribution is -0.182. The highest BCUT2D eigenvalue weighted by atomic mass is 19.4. The van der Waals surface area contributed by atoms with Gasteiger partial charge in [0, 0.05) is 69.5 Å². The maximum Gasteiger partial charge on any atom is 0.401 e.